The molecule has 4 radical (unpaired) electrons. The molecule has 34 valence electrons. The van der Waals surface area contributed by atoms with Crippen LogP contribution in [0.3, 0.4) is 0 Å². The van der Waals surface area contributed by atoms with Gasteiger partial charge >= 0.3 is 23.1 Å². The quantitative estimate of drug-likeness (QED) is 0.433. The Labute approximate surface area is 105 Å². The molecule has 0 amide bonds. The Bertz CT molecular complexity index is 22.0. The van der Waals surface area contributed by atoms with Crippen LogP contribution in [0.5, 0.6) is 0 Å². The van der Waals surface area contributed by atoms with Crippen LogP contribution in [0, 0.1) is 0 Å². The third-order valence-electron chi connectivity index (χ3n) is 0. The van der Waals surface area contributed by atoms with Crippen molar-refractivity contribution in [2.75, 3.05) is 0 Å². The van der Waals surface area contributed by atoms with Gasteiger partial charge in [-0.25, -0.2) is 0 Å². The van der Waals surface area contributed by atoms with Gasteiger partial charge in [-0.05, 0) is 0 Å². The van der Waals surface area contributed by atoms with Gasteiger partial charge in [0.25, 0.3) is 0 Å². The molecule has 0 aliphatic rings. The van der Waals surface area contributed by atoms with Gasteiger partial charge in [0.05, 0.1) is 0 Å². The average Bonchev–Trinajstić information content (AvgIpc) is 0. The minimum atomic E-state index is 0. The van der Waals surface area contributed by atoms with Crippen LogP contribution in [0.1, 0.15) is 2.85 Å². The van der Waals surface area contributed by atoms with Gasteiger partial charge < -0.3 is 2.85 Å². The Morgan fingerprint density at radius 1 is 1.17 bits per heavy atom. The molecular formula is H5AlBMgMnNiTi. The van der Waals surface area contributed by atoms with Crippen molar-refractivity contribution in [1.29, 1.82) is 0 Å². The fourth-order valence-electron chi connectivity index (χ4n) is 0. The van der Waals surface area contributed by atoms with E-state index in [4.69, 9.17) is 0 Å². The van der Waals surface area contributed by atoms with Gasteiger partial charge in [0.2, 0.25) is 0 Å². The molecule has 0 saturated heterocycles. The monoisotopic (exact) mass is 228 g/mol. The van der Waals surface area contributed by atoms with E-state index in [0.29, 0.717) is 0 Å². The van der Waals surface area contributed by atoms with Crippen molar-refractivity contribution in [2.45, 2.75) is 0 Å². The summed E-state index contributed by atoms with van der Waals surface area (Å²) in [5, 5.41) is 0. The zero-order chi connectivity index (χ0) is 0. The largest absolute Gasteiger partial charge is 2.00 e. The summed E-state index contributed by atoms with van der Waals surface area (Å²) in [5.74, 6) is 0. The summed E-state index contributed by atoms with van der Waals surface area (Å²) in [6, 6.07) is 0. The molecule has 6 heavy (non-hydrogen) atoms. The zero-order valence-corrected chi connectivity index (χ0v) is 7.62. The van der Waals surface area contributed by atoms with E-state index in [1.807, 2.05) is 0 Å². The summed E-state index contributed by atoms with van der Waals surface area (Å²) in [6.07, 6.45) is 0. The van der Waals surface area contributed by atoms with Crippen LogP contribution in [0.2, 0.25) is 0 Å². The minimum absolute atomic E-state index is 0. The number of hydrogen-bond donors (Lipinski definition) is 0. The van der Waals surface area contributed by atoms with Crippen LogP contribution in [-0.4, -0.2) is 48.8 Å². The third-order valence-corrected chi connectivity index (χ3v) is 0. The van der Waals surface area contributed by atoms with Crippen molar-refractivity contribution in [3.05, 3.63) is 0 Å². The molecule has 0 nitrogen and oxygen atoms in total. The maximum Gasteiger partial charge on any atom is 2.00 e. The van der Waals surface area contributed by atoms with Crippen molar-refractivity contribution < 1.29 is 58.1 Å². The fourth-order valence-corrected chi connectivity index (χ4v) is 0. The first kappa shape index (κ1) is 62.3. The van der Waals surface area contributed by atoms with Gasteiger partial charge in [-0.1, -0.05) is 0 Å². The molecule has 0 aromatic heterocycles. The molecule has 0 N–H and O–H groups in total. The van der Waals surface area contributed by atoms with Crippen LogP contribution in [-0.2, 0) is 55.3 Å². The van der Waals surface area contributed by atoms with Crippen molar-refractivity contribution >= 4 is 48.8 Å². The van der Waals surface area contributed by atoms with E-state index in [1.54, 1.807) is 0 Å². The Morgan fingerprint density at radius 3 is 1.17 bits per heavy atom. The molecular weight excluding hydrogens is 224 g/mol. The van der Waals surface area contributed by atoms with Crippen LogP contribution >= 0.6 is 0 Å². The van der Waals surface area contributed by atoms with E-state index >= 15 is 0 Å². The number of rotatable bonds is 0. The second-order valence-electron chi connectivity index (χ2n) is 0. The molecule has 0 aliphatic carbocycles. The second kappa shape index (κ2) is 42.6. The molecule has 0 fully saturated rings. The van der Waals surface area contributed by atoms with Gasteiger partial charge in [0.15, 0.2) is 17.4 Å². The van der Waals surface area contributed by atoms with Crippen LogP contribution in [0.4, 0.5) is 0 Å². The zero-order valence-electron chi connectivity index (χ0n) is 4.48. The second-order valence-corrected chi connectivity index (χ2v) is 0. The summed E-state index contributed by atoms with van der Waals surface area (Å²) in [4.78, 5) is 0. The summed E-state index contributed by atoms with van der Waals surface area (Å²) in [5.41, 5.74) is 0. The molecule has 0 spiro atoms. The molecule has 6 heteroatoms. The van der Waals surface area contributed by atoms with E-state index in [9.17, 15) is 0 Å². The third kappa shape index (κ3) is 27.5. The molecule has 0 aromatic carbocycles. The summed E-state index contributed by atoms with van der Waals surface area (Å²) >= 11 is 0. The summed E-state index contributed by atoms with van der Waals surface area (Å²) in [7, 11) is 0. The summed E-state index contributed by atoms with van der Waals surface area (Å²) < 4.78 is 0. The first-order valence-electron chi connectivity index (χ1n) is 0. The molecule has 0 atom stereocenters. The van der Waals surface area contributed by atoms with E-state index in [-0.39, 0.29) is 107 Å². The molecule has 0 saturated carbocycles. The molecule has 0 heterocycles. The van der Waals surface area contributed by atoms with Gasteiger partial charge in [-0.2, -0.15) is 0 Å². The number of hydrogen-bond acceptors (Lipinski definition) is 0. The maximum atomic E-state index is 0. The minimum Gasteiger partial charge on any atom is -1.00 e. The molecule has 0 unspecified atom stereocenters. The van der Waals surface area contributed by atoms with Gasteiger partial charge in [-0.15, -0.1) is 0 Å². The first-order valence-corrected chi connectivity index (χ1v) is 0. The Balaban J connectivity index is 0. The van der Waals surface area contributed by atoms with Crippen LogP contribution < -0.4 is 0 Å². The molecule has 0 aromatic rings. The fraction of sp³-hybridized carbons (Fsp3) is 0. The smallest absolute Gasteiger partial charge is 1.00 e. The molecule has 0 rings (SSSR count). The average molecular weight is 229 g/mol. The van der Waals surface area contributed by atoms with Crippen molar-refractivity contribution in [3.63, 3.8) is 0 Å². The van der Waals surface area contributed by atoms with Gasteiger partial charge in [0.1, 0.15) is 0 Å². The normalized spacial score (nSPS) is 0. The first-order chi connectivity index (χ1) is 0. The van der Waals surface area contributed by atoms with E-state index in [1.165, 1.54) is 0 Å². The Kier molecular flexibility index (Phi) is 442. The van der Waals surface area contributed by atoms with Crippen molar-refractivity contribution in [2.24, 2.45) is 0 Å². The van der Waals surface area contributed by atoms with Gasteiger partial charge in [-0.3, -0.25) is 0 Å². The Hall–Kier alpha value is 3.09. The van der Waals surface area contributed by atoms with Crippen molar-refractivity contribution in [1.82, 2.24) is 0 Å². The topological polar surface area (TPSA) is 0 Å². The van der Waals surface area contributed by atoms with E-state index < -0.39 is 0 Å². The van der Waals surface area contributed by atoms with E-state index in [2.05, 4.69) is 0 Å². The predicted octanol–water partition coefficient (Wildman–Crippen LogP) is -1.73. The predicted molar refractivity (Wildman–Crippen MR) is 23.7 cm³/mol. The molecule has 0 bridgehead atoms. The standard InChI is InChI=1S/Al.B.Mg.Mn.Ni.Ti.5H/q;;+2;;;;;;;2*-1. The van der Waals surface area contributed by atoms with Crippen LogP contribution in [0.25, 0.3) is 0 Å². The van der Waals surface area contributed by atoms with Crippen LogP contribution in [0.15, 0.2) is 0 Å². The van der Waals surface area contributed by atoms with E-state index in [0.717, 1.165) is 0 Å². The van der Waals surface area contributed by atoms with Crippen molar-refractivity contribution in [3.8, 4) is 0 Å². The molecule has 0 aliphatic heterocycles. The SMILES string of the molecule is [AlH3].[B].[H-].[H-].[Mg+2].[Mn].[Ni].[Ti]. The summed E-state index contributed by atoms with van der Waals surface area (Å²) in [6.45, 7) is 0. The van der Waals surface area contributed by atoms with Gasteiger partial charge in [0, 0.05) is 63.7 Å². The maximum absolute atomic E-state index is 0. The Morgan fingerprint density at radius 2 is 1.17 bits per heavy atom.